The molecule has 39 heavy (non-hydrogen) atoms. The van der Waals surface area contributed by atoms with Gasteiger partial charge in [0.2, 0.25) is 0 Å². The van der Waals surface area contributed by atoms with Crippen LogP contribution in [0.3, 0.4) is 0 Å². The second-order valence-corrected chi connectivity index (χ2v) is 9.92. The van der Waals surface area contributed by atoms with Crippen LogP contribution < -0.4 is 21.1 Å². The zero-order valence-corrected chi connectivity index (χ0v) is 22.8. The van der Waals surface area contributed by atoms with Gasteiger partial charge >= 0.3 is 0 Å². The van der Waals surface area contributed by atoms with Crippen LogP contribution in [0.1, 0.15) is 37.6 Å². The lowest BCUT2D eigenvalue weighted by molar-refractivity contribution is -0.123. The summed E-state index contributed by atoms with van der Waals surface area (Å²) in [5.74, 6) is 2.19. The number of carbonyl (C=O) groups excluding carboxylic acids is 1. The third kappa shape index (κ3) is 7.20. The summed E-state index contributed by atoms with van der Waals surface area (Å²) in [7, 11) is 0. The number of allylic oxidation sites excluding steroid dienone is 1. The van der Waals surface area contributed by atoms with Gasteiger partial charge in [-0.3, -0.25) is 9.69 Å². The number of nitrogens with zero attached hydrogens (tertiary/aromatic N) is 3. The van der Waals surface area contributed by atoms with Gasteiger partial charge in [-0.15, -0.1) is 0 Å². The predicted octanol–water partition coefficient (Wildman–Crippen LogP) is 4.37. The minimum absolute atomic E-state index is 0.0457. The highest BCUT2D eigenvalue weighted by Gasteiger charge is 2.22. The van der Waals surface area contributed by atoms with Crippen molar-refractivity contribution in [1.82, 2.24) is 20.2 Å². The lowest BCUT2D eigenvalue weighted by atomic mass is 10.0. The zero-order chi connectivity index (χ0) is 27.8. The van der Waals surface area contributed by atoms with Crippen molar-refractivity contribution in [2.75, 3.05) is 31.6 Å². The Balaban J connectivity index is 1.60. The number of fused-ring (bicyclic) bond motifs is 1. The van der Waals surface area contributed by atoms with Crippen molar-refractivity contribution in [2.24, 2.45) is 11.7 Å². The van der Waals surface area contributed by atoms with Crippen LogP contribution in [0, 0.1) is 11.3 Å². The molecule has 0 bridgehead atoms. The molecule has 1 aliphatic heterocycles. The number of nitrogens with one attached hydrogen (secondary N) is 3. The van der Waals surface area contributed by atoms with E-state index in [2.05, 4.69) is 36.3 Å². The molecule has 0 saturated carbocycles. The van der Waals surface area contributed by atoms with Gasteiger partial charge in [0.1, 0.15) is 11.6 Å². The Bertz CT molecular complexity index is 1340. The second kappa shape index (κ2) is 13.0. The number of rotatable bonds is 11. The summed E-state index contributed by atoms with van der Waals surface area (Å²) in [5.41, 5.74) is 11.0. The molecule has 0 atom stereocenters. The fraction of sp³-hybridized carbons (Fsp3) is 0.333. The van der Waals surface area contributed by atoms with Crippen molar-refractivity contribution in [3.63, 3.8) is 0 Å². The van der Waals surface area contributed by atoms with Gasteiger partial charge in [-0.2, -0.15) is 0 Å². The number of nitrogens with two attached hydrogens (primary N) is 1. The van der Waals surface area contributed by atoms with Gasteiger partial charge in [-0.05, 0) is 42.3 Å². The number of benzene rings is 2. The maximum atomic E-state index is 12.1. The Morgan fingerprint density at radius 1 is 1.21 bits per heavy atom. The molecule has 1 amide bonds. The standard InChI is InChI=1S/C30H37N7O2/c1-4-37-13-12-27-26(18-37)30(34-24-10-8-21(9-11-24)23(15-31)16-32)36-29(35-27)22-6-5-7-25(14-22)39-19-28(38)33-17-20(2)3/h5-11,14-16,20,31H,4,12-13,17-19,32H2,1-3H3,(H,33,38)(H,34,35,36)/b23-16+,31-15?. The van der Waals surface area contributed by atoms with Crippen molar-refractivity contribution in [3.05, 3.63) is 71.6 Å². The molecule has 3 aromatic rings. The Hall–Kier alpha value is -4.24. The Morgan fingerprint density at radius 3 is 2.69 bits per heavy atom. The van der Waals surface area contributed by atoms with E-state index in [1.807, 2.05) is 48.5 Å². The Morgan fingerprint density at radius 2 is 2.00 bits per heavy atom. The number of hydrogen-bond acceptors (Lipinski definition) is 8. The summed E-state index contributed by atoms with van der Waals surface area (Å²) >= 11 is 0. The summed E-state index contributed by atoms with van der Waals surface area (Å²) in [6.45, 7) is 9.50. The molecular formula is C30H37N7O2. The molecule has 204 valence electrons. The smallest absolute Gasteiger partial charge is 0.257 e. The molecule has 2 heterocycles. The third-order valence-corrected chi connectivity index (χ3v) is 6.57. The van der Waals surface area contributed by atoms with Crippen molar-refractivity contribution in [2.45, 2.75) is 33.7 Å². The molecule has 0 radical (unpaired) electrons. The van der Waals surface area contributed by atoms with E-state index in [1.54, 1.807) is 0 Å². The summed E-state index contributed by atoms with van der Waals surface area (Å²) < 4.78 is 5.76. The van der Waals surface area contributed by atoms with Crippen LogP contribution in [0.25, 0.3) is 17.0 Å². The minimum Gasteiger partial charge on any atom is -0.484 e. The highest BCUT2D eigenvalue weighted by Crippen LogP contribution is 2.30. The maximum Gasteiger partial charge on any atom is 0.257 e. The summed E-state index contributed by atoms with van der Waals surface area (Å²) in [6.07, 6.45) is 3.51. The van der Waals surface area contributed by atoms with Crippen LogP contribution in [0.4, 0.5) is 11.5 Å². The average molecular weight is 528 g/mol. The molecule has 0 spiro atoms. The van der Waals surface area contributed by atoms with Gasteiger partial charge in [-0.1, -0.05) is 45.0 Å². The molecule has 0 saturated heterocycles. The SMILES string of the molecule is CCN1CCc2nc(-c3cccc(OCC(=O)NCC(C)C)c3)nc(Nc3ccc(/C(C=N)=C/N)cc3)c2C1. The van der Waals surface area contributed by atoms with Crippen molar-refractivity contribution < 1.29 is 9.53 Å². The van der Waals surface area contributed by atoms with E-state index in [1.165, 1.54) is 12.4 Å². The number of hydrogen-bond donors (Lipinski definition) is 4. The van der Waals surface area contributed by atoms with Crippen molar-refractivity contribution in [1.29, 1.82) is 5.41 Å². The Labute approximate surface area is 230 Å². The van der Waals surface area contributed by atoms with E-state index in [9.17, 15) is 4.79 Å². The number of amides is 1. The first-order valence-electron chi connectivity index (χ1n) is 13.3. The van der Waals surface area contributed by atoms with Crippen LogP contribution in [0.5, 0.6) is 5.75 Å². The van der Waals surface area contributed by atoms with E-state index in [-0.39, 0.29) is 12.5 Å². The second-order valence-electron chi connectivity index (χ2n) is 9.92. The zero-order valence-electron chi connectivity index (χ0n) is 22.8. The lowest BCUT2D eigenvalue weighted by Gasteiger charge is -2.28. The van der Waals surface area contributed by atoms with Crippen LogP contribution >= 0.6 is 0 Å². The molecule has 0 aliphatic carbocycles. The molecule has 0 unspecified atom stereocenters. The largest absolute Gasteiger partial charge is 0.484 e. The molecule has 9 nitrogen and oxygen atoms in total. The first-order chi connectivity index (χ1) is 18.9. The molecule has 9 heteroatoms. The first-order valence-corrected chi connectivity index (χ1v) is 13.3. The summed E-state index contributed by atoms with van der Waals surface area (Å²) in [5, 5.41) is 13.9. The van der Waals surface area contributed by atoms with E-state index in [0.717, 1.165) is 59.9 Å². The van der Waals surface area contributed by atoms with E-state index in [4.69, 9.17) is 25.8 Å². The fourth-order valence-electron chi connectivity index (χ4n) is 4.33. The predicted molar refractivity (Wildman–Crippen MR) is 156 cm³/mol. The number of carbonyl (C=O) groups is 1. The fourth-order valence-corrected chi connectivity index (χ4v) is 4.33. The van der Waals surface area contributed by atoms with E-state index < -0.39 is 0 Å². The van der Waals surface area contributed by atoms with Crippen molar-refractivity contribution >= 4 is 29.2 Å². The molecular weight excluding hydrogens is 490 g/mol. The van der Waals surface area contributed by atoms with Crippen molar-refractivity contribution in [3.8, 4) is 17.1 Å². The summed E-state index contributed by atoms with van der Waals surface area (Å²) in [6, 6.07) is 15.3. The monoisotopic (exact) mass is 527 g/mol. The third-order valence-electron chi connectivity index (χ3n) is 6.57. The van der Waals surface area contributed by atoms with E-state index in [0.29, 0.717) is 29.6 Å². The molecule has 1 aliphatic rings. The first kappa shape index (κ1) is 27.8. The van der Waals surface area contributed by atoms with Crippen LogP contribution in [-0.4, -0.2) is 53.2 Å². The molecule has 2 aromatic carbocycles. The lowest BCUT2D eigenvalue weighted by Crippen LogP contribution is -2.32. The van der Waals surface area contributed by atoms with Crippen LogP contribution in [0.15, 0.2) is 54.7 Å². The molecule has 1 aromatic heterocycles. The number of likely N-dealkylation sites (N-methyl/N-ethyl adjacent to an activating group) is 1. The van der Waals surface area contributed by atoms with Gasteiger partial charge in [0, 0.05) is 60.9 Å². The highest BCUT2D eigenvalue weighted by molar-refractivity contribution is 6.08. The average Bonchev–Trinajstić information content (AvgIpc) is 2.96. The molecule has 4 rings (SSSR count). The minimum atomic E-state index is -0.146. The maximum absolute atomic E-state index is 12.1. The quantitative estimate of drug-likeness (QED) is 0.273. The Kier molecular flexibility index (Phi) is 9.27. The van der Waals surface area contributed by atoms with E-state index >= 15 is 0 Å². The topological polar surface area (TPSA) is 129 Å². The van der Waals surface area contributed by atoms with Crippen LogP contribution in [0.2, 0.25) is 0 Å². The molecule has 5 N–H and O–H groups in total. The number of anilines is 2. The molecule has 0 fully saturated rings. The van der Waals surface area contributed by atoms with Gasteiger partial charge in [-0.25, -0.2) is 9.97 Å². The highest BCUT2D eigenvalue weighted by atomic mass is 16.5. The van der Waals surface area contributed by atoms with Crippen LogP contribution in [-0.2, 0) is 17.8 Å². The van der Waals surface area contributed by atoms with Gasteiger partial charge < -0.3 is 26.5 Å². The summed E-state index contributed by atoms with van der Waals surface area (Å²) in [4.78, 5) is 24.4. The van der Waals surface area contributed by atoms with Gasteiger partial charge in [0.05, 0.1) is 5.69 Å². The normalized spacial score (nSPS) is 13.6. The van der Waals surface area contributed by atoms with Gasteiger partial charge in [0.15, 0.2) is 12.4 Å². The number of aromatic nitrogens is 2. The number of ether oxygens (including phenoxy) is 1. The van der Waals surface area contributed by atoms with Gasteiger partial charge in [0.25, 0.3) is 5.91 Å².